The van der Waals surface area contributed by atoms with Gasteiger partial charge < -0.3 is 4.90 Å². The van der Waals surface area contributed by atoms with E-state index in [1.54, 1.807) is 17.2 Å². The van der Waals surface area contributed by atoms with Gasteiger partial charge in [-0.2, -0.15) is 0 Å². The van der Waals surface area contributed by atoms with Crippen molar-refractivity contribution in [2.75, 3.05) is 24.1 Å². The van der Waals surface area contributed by atoms with Gasteiger partial charge in [0.25, 0.3) is 5.91 Å². The van der Waals surface area contributed by atoms with Crippen LogP contribution in [0.1, 0.15) is 11.6 Å². The third-order valence-electron chi connectivity index (χ3n) is 4.79. The van der Waals surface area contributed by atoms with Crippen molar-refractivity contribution in [1.29, 1.82) is 0 Å². The number of carbonyl (C=O) groups is 2. The number of fused-ring (bicyclic) bond motifs is 1. The number of anilines is 2. The summed E-state index contributed by atoms with van der Waals surface area (Å²) in [4.78, 5) is 32.4. The first-order valence-corrected chi connectivity index (χ1v) is 8.67. The van der Waals surface area contributed by atoms with Crippen molar-refractivity contribution in [1.82, 2.24) is 5.32 Å². The highest BCUT2D eigenvalue weighted by Crippen LogP contribution is 2.44. The Morgan fingerprint density at radius 2 is 1.65 bits per heavy atom. The van der Waals surface area contributed by atoms with Crippen LogP contribution in [0.4, 0.5) is 11.4 Å². The first-order chi connectivity index (χ1) is 12.5. The molecule has 3 atom stereocenters. The second-order valence-electron chi connectivity index (χ2n) is 6.64. The quantitative estimate of drug-likeness (QED) is 0.840. The Bertz CT molecular complexity index is 851. The minimum absolute atomic E-state index is 0.307. The van der Waals surface area contributed by atoms with Crippen molar-refractivity contribution < 1.29 is 14.4 Å². The lowest BCUT2D eigenvalue weighted by Gasteiger charge is -2.27. The summed E-state index contributed by atoms with van der Waals surface area (Å²) in [5.41, 5.74) is 2.70. The minimum atomic E-state index is -0.822. The molecule has 2 fully saturated rings. The lowest BCUT2D eigenvalue weighted by atomic mass is 9.90. The number of imide groups is 1. The molecule has 0 bridgehead atoms. The van der Waals surface area contributed by atoms with E-state index in [0.717, 1.165) is 16.9 Å². The van der Waals surface area contributed by atoms with Crippen LogP contribution in [0.5, 0.6) is 0 Å². The molecule has 2 aromatic carbocycles. The first-order valence-electron chi connectivity index (χ1n) is 8.29. The third kappa shape index (κ3) is 2.71. The summed E-state index contributed by atoms with van der Waals surface area (Å²) >= 11 is 5.98. The molecule has 4 rings (SSSR count). The van der Waals surface area contributed by atoms with E-state index in [4.69, 9.17) is 16.4 Å². The number of nitrogens with one attached hydrogen (secondary N) is 1. The molecule has 0 spiro atoms. The van der Waals surface area contributed by atoms with Crippen LogP contribution in [0.25, 0.3) is 0 Å². The molecule has 0 aliphatic carbocycles. The minimum Gasteiger partial charge on any atom is -0.378 e. The topological polar surface area (TPSA) is 61.9 Å². The molecule has 2 saturated heterocycles. The lowest BCUT2D eigenvalue weighted by molar-refractivity contribution is -0.129. The highest BCUT2D eigenvalue weighted by Gasteiger charge is 2.56. The number of nitrogens with zero attached hydrogens (tertiary/aromatic N) is 2. The van der Waals surface area contributed by atoms with Gasteiger partial charge >= 0.3 is 0 Å². The molecule has 0 saturated carbocycles. The van der Waals surface area contributed by atoms with Crippen LogP contribution in [0.2, 0.25) is 5.02 Å². The Balaban J connectivity index is 1.76. The second kappa shape index (κ2) is 6.30. The Morgan fingerprint density at radius 3 is 2.27 bits per heavy atom. The van der Waals surface area contributed by atoms with Crippen molar-refractivity contribution in [3.8, 4) is 0 Å². The van der Waals surface area contributed by atoms with Gasteiger partial charge in [0.15, 0.2) is 6.10 Å². The number of rotatable bonds is 3. The van der Waals surface area contributed by atoms with Crippen LogP contribution in [0.3, 0.4) is 0 Å². The van der Waals surface area contributed by atoms with Crippen LogP contribution in [0.15, 0.2) is 48.5 Å². The van der Waals surface area contributed by atoms with Crippen LogP contribution in [-0.2, 0) is 14.4 Å². The van der Waals surface area contributed by atoms with E-state index in [2.05, 4.69) is 5.32 Å². The van der Waals surface area contributed by atoms with E-state index in [9.17, 15) is 9.59 Å². The molecule has 2 amide bonds. The second-order valence-corrected chi connectivity index (χ2v) is 7.07. The van der Waals surface area contributed by atoms with Crippen molar-refractivity contribution >= 4 is 34.8 Å². The van der Waals surface area contributed by atoms with Crippen LogP contribution >= 0.6 is 11.6 Å². The highest BCUT2D eigenvalue weighted by atomic mass is 35.5. The summed E-state index contributed by atoms with van der Waals surface area (Å²) < 4.78 is 0. The zero-order valence-electron chi connectivity index (χ0n) is 14.3. The van der Waals surface area contributed by atoms with E-state index in [-0.39, 0.29) is 5.91 Å². The number of carbonyl (C=O) groups excluding carboxylic acids is 2. The fraction of sp³-hybridized carbons (Fsp3) is 0.263. The Morgan fingerprint density at radius 1 is 1.00 bits per heavy atom. The first kappa shape index (κ1) is 16.9. The fourth-order valence-electron chi connectivity index (χ4n) is 3.45. The van der Waals surface area contributed by atoms with E-state index >= 15 is 0 Å². The molecule has 0 radical (unpaired) electrons. The summed E-state index contributed by atoms with van der Waals surface area (Å²) in [5, 5.41) is 4.62. The van der Waals surface area contributed by atoms with Crippen LogP contribution < -0.4 is 15.3 Å². The number of halogens is 1. The summed E-state index contributed by atoms with van der Waals surface area (Å²) in [6.07, 6.45) is -0.822. The molecule has 0 unspecified atom stereocenters. The van der Waals surface area contributed by atoms with Gasteiger partial charge in [0.2, 0.25) is 5.91 Å². The monoisotopic (exact) mass is 371 g/mol. The molecule has 1 N–H and O–H groups in total. The van der Waals surface area contributed by atoms with Crippen LogP contribution in [-0.4, -0.2) is 32.0 Å². The van der Waals surface area contributed by atoms with Crippen molar-refractivity contribution in [3.05, 3.63) is 59.1 Å². The predicted molar refractivity (Wildman–Crippen MR) is 99.0 cm³/mol. The molecular weight excluding hydrogens is 354 g/mol. The van der Waals surface area contributed by atoms with Gasteiger partial charge in [-0.25, -0.2) is 5.06 Å². The normalized spacial score (nSPS) is 24.6. The highest BCUT2D eigenvalue weighted by molar-refractivity contribution is 6.30. The van der Waals surface area contributed by atoms with Crippen molar-refractivity contribution in [2.45, 2.75) is 12.1 Å². The van der Waals surface area contributed by atoms with E-state index in [0.29, 0.717) is 5.02 Å². The summed E-state index contributed by atoms with van der Waals surface area (Å²) in [5.74, 6) is -1.30. The van der Waals surface area contributed by atoms with E-state index < -0.39 is 24.0 Å². The molecular formula is C19H18ClN3O3. The number of benzene rings is 2. The average Bonchev–Trinajstić information content (AvgIpc) is 3.14. The van der Waals surface area contributed by atoms with Gasteiger partial charge in [-0.3, -0.25) is 19.7 Å². The third-order valence-corrected chi connectivity index (χ3v) is 5.04. The summed E-state index contributed by atoms with van der Waals surface area (Å²) in [7, 11) is 3.93. The number of hydrogen-bond donors (Lipinski definition) is 1. The molecule has 0 aromatic heterocycles. The zero-order chi connectivity index (χ0) is 18.4. The Labute approximate surface area is 156 Å². The van der Waals surface area contributed by atoms with E-state index in [1.807, 2.05) is 55.4 Å². The molecule has 2 aliphatic heterocycles. The summed E-state index contributed by atoms with van der Waals surface area (Å²) in [6.45, 7) is 0. The Kier molecular flexibility index (Phi) is 4.09. The molecule has 7 heteroatoms. The standard InChI is InChI=1S/C19H18ClN3O3/c1-22(2)13-7-3-11(4-8-13)16-15-17(19(25)21-18(15)24)26-23(16)14-9-5-12(20)6-10-14/h3-10,15-17H,1-2H3,(H,21,24,25)/t15-,16-,17+/m0/s1. The Hall–Kier alpha value is -2.57. The van der Waals surface area contributed by atoms with Gasteiger partial charge in [-0.05, 0) is 42.0 Å². The maximum atomic E-state index is 12.4. The average molecular weight is 372 g/mol. The van der Waals surface area contributed by atoms with Crippen molar-refractivity contribution in [3.63, 3.8) is 0 Å². The smallest absolute Gasteiger partial charge is 0.259 e. The SMILES string of the molecule is CN(C)c1ccc([C@H]2[C@@H]3C(=O)NC(=O)[C@@H]3ON2c2ccc(Cl)cc2)cc1. The van der Waals surface area contributed by atoms with Crippen molar-refractivity contribution in [2.24, 2.45) is 5.92 Å². The fourth-order valence-corrected chi connectivity index (χ4v) is 3.58. The molecule has 2 aliphatic rings. The van der Waals surface area contributed by atoms with Gasteiger partial charge in [0.05, 0.1) is 11.7 Å². The molecule has 2 heterocycles. The largest absolute Gasteiger partial charge is 0.378 e. The summed E-state index contributed by atoms with van der Waals surface area (Å²) in [6, 6.07) is 14.6. The molecule has 2 aromatic rings. The zero-order valence-corrected chi connectivity index (χ0v) is 15.1. The van der Waals surface area contributed by atoms with Gasteiger partial charge in [-0.15, -0.1) is 0 Å². The van der Waals surface area contributed by atoms with Gasteiger partial charge in [0, 0.05) is 24.8 Å². The maximum absolute atomic E-state index is 12.4. The molecule has 134 valence electrons. The molecule has 26 heavy (non-hydrogen) atoms. The van der Waals surface area contributed by atoms with E-state index in [1.165, 1.54) is 0 Å². The lowest BCUT2D eigenvalue weighted by Crippen LogP contribution is -2.33. The number of amides is 2. The molecule has 6 nitrogen and oxygen atoms in total. The predicted octanol–water partition coefficient (Wildman–Crippen LogP) is 2.54. The maximum Gasteiger partial charge on any atom is 0.259 e. The number of hydroxylamine groups is 1. The number of hydrogen-bond acceptors (Lipinski definition) is 5. The van der Waals surface area contributed by atoms with Crippen LogP contribution in [0, 0.1) is 5.92 Å². The van der Waals surface area contributed by atoms with Gasteiger partial charge in [-0.1, -0.05) is 23.7 Å². The van der Waals surface area contributed by atoms with Gasteiger partial charge in [0.1, 0.15) is 5.92 Å².